The lowest BCUT2D eigenvalue weighted by molar-refractivity contribution is -0.109. The van der Waals surface area contributed by atoms with Crippen molar-refractivity contribution in [1.29, 1.82) is 0 Å². The first-order valence-corrected chi connectivity index (χ1v) is 7.41. The van der Waals surface area contributed by atoms with Crippen molar-refractivity contribution in [3.63, 3.8) is 0 Å². The molecule has 2 aromatic rings. The molecule has 0 spiro atoms. The van der Waals surface area contributed by atoms with Gasteiger partial charge in [-0.3, -0.25) is 9.89 Å². The average molecular weight is 294 g/mol. The van der Waals surface area contributed by atoms with E-state index in [1.807, 2.05) is 13.0 Å². The van der Waals surface area contributed by atoms with Crippen molar-refractivity contribution < 1.29 is 15.0 Å². The molecule has 20 heavy (non-hydrogen) atoms. The number of aliphatic hydroxyl groups excluding tert-OH is 2. The van der Waals surface area contributed by atoms with Crippen molar-refractivity contribution in [3.05, 3.63) is 29.5 Å². The highest BCUT2D eigenvalue weighted by molar-refractivity contribution is 8.13. The third-order valence-corrected chi connectivity index (χ3v) is 4.04. The number of rotatable bonds is 5. The summed E-state index contributed by atoms with van der Waals surface area (Å²) in [6.07, 6.45) is -1.49. The van der Waals surface area contributed by atoms with Crippen LogP contribution in [-0.2, 0) is 4.79 Å². The number of aliphatic hydroxyl groups is 2. The van der Waals surface area contributed by atoms with Crippen LogP contribution >= 0.6 is 11.8 Å². The van der Waals surface area contributed by atoms with Crippen LogP contribution in [0.4, 0.5) is 0 Å². The zero-order valence-electron chi connectivity index (χ0n) is 11.5. The Morgan fingerprint density at radius 2 is 2.20 bits per heavy atom. The Balaban J connectivity index is 2.06. The molecule has 108 valence electrons. The number of H-pyrrole nitrogens is 1. The van der Waals surface area contributed by atoms with Crippen molar-refractivity contribution in [2.75, 3.05) is 5.75 Å². The van der Waals surface area contributed by atoms with Crippen LogP contribution in [-0.4, -0.2) is 37.4 Å². The maximum Gasteiger partial charge on any atom is 0.185 e. The predicted molar refractivity (Wildman–Crippen MR) is 79.6 cm³/mol. The summed E-state index contributed by atoms with van der Waals surface area (Å²) in [4.78, 5) is 10.8. The molecule has 0 bridgehead atoms. The van der Waals surface area contributed by atoms with Crippen LogP contribution in [0.15, 0.2) is 18.2 Å². The summed E-state index contributed by atoms with van der Waals surface area (Å²) >= 11 is 1.15. The number of carbonyl (C=O) groups is 1. The van der Waals surface area contributed by atoms with Crippen LogP contribution in [0.25, 0.3) is 10.9 Å². The van der Waals surface area contributed by atoms with E-state index in [0.717, 1.165) is 28.4 Å². The fourth-order valence-electron chi connectivity index (χ4n) is 2.05. The number of carbonyl (C=O) groups excluding carboxylic acids is 1. The minimum Gasteiger partial charge on any atom is -0.390 e. The molecule has 0 saturated heterocycles. The zero-order chi connectivity index (χ0) is 14.7. The van der Waals surface area contributed by atoms with E-state index in [-0.39, 0.29) is 5.12 Å². The van der Waals surface area contributed by atoms with Gasteiger partial charge in [-0.1, -0.05) is 23.9 Å². The highest BCUT2D eigenvalue weighted by Crippen LogP contribution is 2.24. The number of benzene rings is 1. The highest BCUT2D eigenvalue weighted by atomic mass is 32.2. The van der Waals surface area contributed by atoms with Gasteiger partial charge in [0.1, 0.15) is 6.10 Å². The zero-order valence-corrected chi connectivity index (χ0v) is 12.3. The third-order valence-electron chi connectivity index (χ3n) is 3.19. The maximum absolute atomic E-state index is 10.8. The second kappa shape index (κ2) is 6.39. The Labute approximate surface area is 121 Å². The Bertz CT molecular complexity index is 611. The van der Waals surface area contributed by atoms with Crippen molar-refractivity contribution >= 4 is 27.8 Å². The maximum atomic E-state index is 10.8. The molecular formula is C14H18N2O3S. The summed E-state index contributed by atoms with van der Waals surface area (Å²) in [5.41, 5.74) is 2.37. The molecule has 0 fully saturated rings. The standard InChI is InChI=1S/C14H18N2O3S/c1-8-11-4-3-10(7-12(11)16-15-8)14(19)13(18)5-6-20-9(2)17/h3-4,7,13-14,18-19H,5-6H2,1-2H3,(H,15,16). The van der Waals surface area contributed by atoms with Gasteiger partial charge in [-0.25, -0.2) is 0 Å². The largest absolute Gasteiger partial charge is 0.390 e. The molecule has 0 radical (unpaired) electrons. The van der Waals surface area contributed by atoms with Gasteiger partial charge in [0.15, 0.2) is 5.12 Å². The highest BCUT2D eigenvalue weighted by Gasteiger charge is 2.19. The lowest BCUT2D eigenvalue weighted by atomic mass is 10.0. The fourth-order valence-corrected chi connectivity index (χ4v) is 2.70. The van der Waals surface area contributed by atoms with Crippen LogP contribution in [0.2, 0.25) is 0 Å². The molecule has 1 heterocycles. The van der Waals surface area contributed by atoms with Gasteiger partial charge in [0.05, 0.1) is 11.6 Å². The summed E-state index contributed by atoms with van der Waals surface area (Å²) in [7, 11) is 0. The predicted octanol–water partition coefficient (Wildman–Crippen LogP) is 1.94. The van der Waals surface area contributed by atoms with Gasteiger partial charge in [-0.2, -0.15) is 5.10 Å². The van der Waals surface area contributed by atoms with E-state index >= 15 is 0 Å². The van der Waals surface area contributed by atoms with Gasteiger partial charge in [0.25, 0.3) is 0 Å². The van der Waals surface area contributed by atoms with Crippen molar-refractivity contribution in [2.45, 2.75) is 32.5 Å². The topological polar surface area (TPSA) is 86.2 Å². The van der Waals surface area contributed by atoms with Crippen LogP contribution in [0, 0.1) is 6.92 Å². The molecule has 0 aliphatic carbocycles. The summed E-state index contributed by atoms with van der Waals surface area (Å²) in [5, 5.41) is 28.1. The monoisotopic (exact) mass is 294 g/mol. The number of aromatic amines is 1. The Morgan fingerprint density at radius 1 is 1.45 bits per heavy atom. The normalized spacial score (nSPS) is 14.4. The molecule has 0 amide bonds. The first-order valence-electron chi connectivity index (χ1n) is 6.43. The molecule has 0 aliphatic heterocycles. The molecule has 1 aromatic carbocycles. The Morgan fingerprint density at radius 3 is 2.90 bits per heavy atom. The number of hydrogen-bond donors (Lipinski definition) is 3. The lowest BCUT2D eigenvalue weighted by Gasteiger charge is -2.17. The summed E-state index contributed by atoms with van der Waals surface area (Å²) in [6.45, 7) is 3.42. The minimum absolute atomic E-state index is 0.0140. The van der Waals surface area contributed by atoms with Gasteiger partial charge in [-0.15, -0.1) is 0 Å². The molecule has 1 aromatic heterocycles. The first kappa shape index (κ1) is 15.0. The second-order valence-electron chi connectivity index (χ2n) is 4.77. The van der Waals surface area contributed by atoms with E-state index in [2.05, 4.69) is 10.2 Å². The Kier molecular flexibility index (Phi) is 4.80. The number of nitrogens with one attached hydrogen (secondary N) is 1. The van der Waals surface area contributed by atoms with E-state index in [1.54, 1.807) is 12.1 Å². The number of hydrogen-bond acceptors (Lipinski definition) is 5. The van der Waals surface area contributed by atoms with E-state index in [9.17, 15) is 15.0 Å². The number of aromatic nitrogens is 2. The van der Waals surface area contributed by atoms with Gasteiger partial charge in [-0.05, 0) is 25.0 Å². The minimum atomic E-state index is -0.969. The molecular weight excluding hydrogens is 276 g/mol. The summed E-state index contributed by atoms with van der Waals surface area (Å²) in [5.74, 6) is 0.497. The molecule has 5 nitrogen and oxygen atoms in total. The molecule has 2 atom stereocenters. The van der Waals surface area contributed by atoms with Gasteiger partial charge >= 0.3 is 0 Å². The van der Waals surface area contributed by atoms with Crippen molar-refractivity contribution in [1.82, 2.24) is 10.2 Å². The number of aryl methyl sites for hydroxylation is 1. The third kappa shape index (κ3) is 3.39. The number of nitrogens with zero attached hydrogens (tertiary/aromatic N) is 1. The van der Waals surface area contributed by atoms with Crippen molar-refractivity contribution in [2.24, 2.45) is 0 Å². The summed E-state index contributed by atoms with van der Waals surface area (Å²) < 4.78 is 0. The molecule has 3 N–H and O–H groups in total. The van der Waals surface area contributed by atoms with Crippen LogP contribution in [0.5, 0.6) is 0 Å². The molecule has 2 unspecified atom stereocenters. The van der Waals surface area contributed by atoms with Crippen molar-refractivity contribution in [3.8, 4) is 0 Å². The van der Waals surface area contributed by atoms with Gasteiger partial charge < -0.3 is 10.2 Å². The smallest absolute Gasteiger partial charge is 0.185 e. The average Bonchev–Trinajstić information content (AvgIpc) is 2.78. The quantitative estimate of drug-likeness (QED) is 0.784. The second-order valence-corrected chi connectivity index (χ2v) is 6.04. The molecule has 0 saturated carbocycles. The molecule has 6 heteroatoms. The molecule has 0 aliphatic rings. The van der Waals surface area contributed by atoms with Gasteiger partial charge in [0.2, 0.25) is 0 Å². The van der Waals surface area contributed by atoms with E-state index in [0.29, 0.717) is 17.7 Å². The number of thioether (sulfide) groups is 1. The van der Waals surface area contributed by atoms with Gasteiger partial charge in [0, 0.05) is 23.8 Å². The van der Waals surface area contributed by atoms with Crippen LogP contribution in [0.3, 0.4) is 0 Å². The van der Waals surface area contributed by atoms with Crippen LogP contribution < -0.4 is 0 Å². The Hall–Kier alpha value is -1.37. The molecule has 2 rings (SSSR count). The summed E-state index contributed by atoms with van der Waals surface area (Å²) in [6, 6.07) is 5.44. The SMILES string of the molecule is CC(=O)SCCC(O)C(O)c1ccc2c(C)[nH]nc2c1. The first-order chi connectivity index (χ1) is 9.49. The van der Waals surface area contributed by atoms with E-state index in [1.165, 1.54) is 6.92 Å². The lowest BCUT2D eigenvalue weighted by Crippen LogP contribution is -2.19. The van der Waals surface area contributed by atoms with Crippen LogP contribution in [0.1, 0.15) is 30.7 Å². The fraction of sp³-hybridized carbons (Fsp3) is 0.429. The van der Waals surface area contributed by atoms with E-state index in [4.69, 9.17) is 0 Å². The van der Waals surface area contributed by atoms with E-state index < -0.39 is 12.2 Å². The number of fused-ring (bicyclic) bond motifs is 1.